The summed E-state index contributed by atoms with van der Waals surface area (Å²) in [6, 6.07) is 15.1. The second-order valence-corrected chi connectivity index (χ2v) is 7.57. The molecule has 0 radical (unpaired) electrons. The highest BCUT2D eigenvalue weighted by atomic mass is 35.5. The van der Waals surface area contributed by atoms with Crippen molar-refractivity contribution in [3.8, 4) is 34.7 Å². The number of aromatic amines is 1. The Labute approximate surface area is 185 Å². The van der Waals surface area contributed by atoms with Gasteiger partial charge in [-0.1, -0.05) is 36.7 Å². The smallest absolute Gasteiger partial charge is 0.244 e. The molecule has 0 bridgehead atoms. The average Bonchev–Trinajstić information content (AvgIpc) is 3.20. The molecule has 1 aromatic heterocycles. The lowest BCUT2D eigenvalue weighted by Crippen LogP contribution is -2.30. The Morgan fingerprint density at radius 1 is 1.23 bits per heavy atom. The fourth-order valence-corrected chi connectivity index (χ4v) is 3.85. The molecule has 31 heavy (non-hydrogen) atoms. The van der Waals surface area contributed by atoms with Crippen LogP contribution in [0, 0.1) is 22.7 Å². The van der Waals surface area contributed by atoms with E-state index < -0.39 is 11.8 Å². The van der Waals surface area contributed by atoms with E-state index in [0.717, 1.165) is 28.8 Å². The van der Waals surface area contributed by atoms with Crippen molar-refractivity contribution in [1.82, 2.24) is 10.2 Å². The van der Waals surface area contributed by atoms with Crippen molar-refractivity contribution in [3.63, 3.8) is 0 Å². The Hall–Kier alpha value is -3.50. The van der Waals surface area contributed by atoms with Gasteiger partial charge in [0.05, 0.1) is 31.0 Å². The zero-order valence-corrected chi connectivity index (χ0v) is 17.9. The summed E-state index contributed by atoms with van der Waals surface area (Å²) in [6.45, 7) is 2.57. The van der Waals surface area contributed by atoms with Crippen molar-refractivity contribution >= 4 is 17.5 Å². The van der Waals surface area contributed by atoms with E-state index in [-0.39, 0.29) is 5.90 Å². The number of ether oxygens (including phenoxy) is 3. The van der Waals surface area contributed by atoms with Crippen molar-refractivity contribution in [1.29, 1.82) is 10.7 Å². The third-order valence-electron chi connectivity index (χ3n) is 5.18. The van der Waals surface area contributed by atoms with Crippen molar-refractivity contribution in [2.75, 3.05) is 13.7 Å². The topological polar surface area (TPSA) is 104 Å². The predicted octanol–water partition coefficient (Wildman–Crippen LogP) is 5.17. The molecule has 2 heterocycles. The van der Waals surface area contributed by atoms with Crippen molar-refractivity contribution in [2.45, 2.75) is 19.3 Å². The minimum Gasteiger partial charge on any atom is -0.493 e. The second-order valence-electron chi connectivity index (χ2n) is 7.13. The highest BCUT2D eigenvalue weighted by molar-refractivity contribution is 6.30. The Morgan fingerprint density at radius 3 is 2.68 bits per heavy atom. The molecular weight excluding hydrogens is 416 g/mol. The number of hydrogen-bond acceptors (Lipinski definition) is 6. The summed E-state index contributed by atoms with van der Waals surface area (Å²) < 4.78 is 16.9. The van der Waals surface area contributed by atoms with Crippen LogP contribution >= 0.6 is 11.6 Å². The number of nitrogens with zero attached hydrogens (tertiary/aromatic N) is 2. The third kappa shape index (κ3) is 3.82. The molecule has 2 aromatic carbocycles. The summed E-state index contributed by atoms with van der Waals surface area (Å²) in [5.74, 6) is 0.0660. The Balaban J connectivity index is 1.88. The van der Waals surface area contributed by atoms with E-state index in [2.05, 4.69) is 16.3 Å². The van der Waals surface area contributed by atoms with E-state index in [9.17, 15) is 5.26 Å². The van der Waals surface area contributed by atoms with E-state index in [1.165, 1.54) is 0 Å². The Morgan fingerprint density at radius 2 is 2.00 bits per heavy atom. The van der Waals surface area contributed by atoms with Crippen LogP contribution in [-0.2, 0) is 0 Å². The molecule has 158 valence electrons. The minimum absolute atomic E-state index is 0.138. The molecule has 2 atom stereocenters. The lowest BCUT2D eigenvalue weighted by atomic mass is 9.78. The van der Waals surface area contributed by atoms with Gasteiger partial charge in [0.1, 0.15) is 5.92 Å². The SMILES string of the molecule is CCCOc1cc(C2c3c(n[nH]c3-c3ccc(Cl)cc3)OC(=N)C2C#N)ccc1OC. The molecule has 0 aliphatic carbocycles. The van der Waals surface area contributed by atoms with Crippen LogP contribution in [0.3, 0.4) is 0 Å². The van der Waals surface area contributed by atoms with Crippen molar-refractivity contribution < 1.29 is 14.2 Å². The van der Waals surface area contributed by atoms with Gasteiger partial charge in [-0.05, 0) is 36.2 Å². The van der Waals surface area contributed by atoms with Gasteiger partial charge in [-0.2, -0.15) is 5.26 Å². The molecule has 2 unspecified atom stereocenters. The summed E-state index contributed by atoms with van der Waals surface area (Å²) in [4.78, 5) is 0. The summed E-state index contributed by atoms with van der Waals surface area (Å²) in [5, 5.41) is 26.1. The molecule has 7 nitrogen and oxygen atoms in total. The number of halogens is 1. The van der Waals surface area contributed by atoms with Crippen LogP contribution in [0.1, 0.15) is 30.4 Å². The summed E-state index contributed by atoms with van der Waals surface area (Å²) >= 11 is 6.05. The number of hydrogen-bond donors (Lipinski definition) is 2. The number of aromatic nitrogens is 2. The highest BCUT2D eigenvalue weighted by Gasteiger charge is 2.41. The Kier molecular flexibility index (Phi) is 5.83. The maximum Gasteiger partial charge on any atom is 0.244 e. The molecule has 0 fully saturated rings. The highest BCUT2D eigenvalue weighted by Crippen LogP contribution is 2.47. The van der Waals surface area contributed by atoms with Gasteiger partial charge in [0, 0.05) is 16.5 Å². The number of nitriles is 1. The first-order valence-electron chi connectivity index (χ1n) is 9.88. The first kappa shape index (κ1) is 20.8. The number of fused-ring (bicyclic) bond motifs is 1. The van der Waals surface area contributed by atoms with Crippen LogP contribution in [0.25, 0.3) is 11.3 Å². The van der Waals surface area contributed by atoms with Gasteiger partial charge >= 0.3 is 0 Å². The van der Waals surface area contributed by atoms with Gasteiger partial charge in [0.25, 0.3) is 0 Å². The third-order valence-corrected chi connectivity index (χ3v) is 5.43. The molecule has 1 aliphatic rings. The lowest BCUT2D eigenvalue weighted by molar-refractivity contribution is 0.293. The number of methoxy groups -OCH3 is 1. The molecular formula is C23H21ClN4O3. The normalized spacial score (nSPS) is 17.4. The number of benzene rings is 2. The summed E-state index contributed by atoms with van der Waals surface area (Å²) in [6.07, 6.45) is 0.850. The Bertz CT molecular complexity index is 1150. The van der Waals surface area contributed by atoms with E-state index in [0.29, 0.717) is 29.0 Å². The molecule has 0 amide bonds. The standard InChI is InChI=1S/C23H21ClN4O3/c1-3-10-30-18-11-14(6-9-17(18)29-2)19-16(12-25)22(26)31-23-20(19)21(27-28-23)13-4-7-15(24)8-5-13/h4-9,11,16,19,26H,3,10H2,1-2H3,(H,27,28). The maximum atomic E-state index is 9.89. The van der Waals surface area contributed by atoms with Gasteiger partial charge < -0.3 is 14.2 Å². The van der Waals surface area contributed by atoms with E-state index in [4.69, 9.17) is 31.2 Å². The molecule has 2 N–H and O–H groups in total. The van der Waals surface area contributed by atoms with E-state index >= 15 is 0 Å². The van der Waals surface area contributed by atoms with Gasteiger partial charge in [-0.15, -0.1) is 5.10 Å². The second kappa shape index (κ2) is 8.70. The monoisotopic (exact) mass is 436 g/mol. The summed E-state index contributed by atoms with van der Waals surface area (Å²) in [5.41, 5.74) is 3.10. The molecule has 1 aliphatic heterocycles. The van der Waals surface area contributed by atoms with Crippen LogP contribution in [-0.4, -0.2) is 29.8 Å². The number of H-pyrrole nitrogens is 1. The fourth-order valence-electron chi connectivity index (χ4n) is 3.73. The maximum absolute atomic E-state index is 9.89. The lowest BCUT2D eigenvalue weighted by Gasteiger charge is -2.28. The fraction of sp³-hybridized carbons (Fsp3) is 0.261. The quantitative estimate of drug-likeness (QED) is 0.554. The molecule has 8 heteroatoms. The zero-order valence-electron chi connectivity index (χ0n) is 17.1. The van der Waals surface area contributed by atoms with Crippen LogP contribution in [0.2, 0.25) is 5.02 Å². The van der Waals surface area contributed by atoms with E-state index in [1.54, 1.807) is 19.2 Å². The average molecular weight is 437 g/mol. The molecule has 0 saturated heterocycles. The van der Waals surface area contributed by atoms with Crippen molar-refractivity contribution in [3.05, 3.63) is 58.6 Å². The van der Waals surface area contributed by atoms with Gasteiger partial charge in [0.15, 0.2) is 11.5 Å². The van der Waals surface area contributed by atoms with Crippen LogP contribution in [0.5, 0.6) is 17.4 Å². The predicted molar refractivity (Wildman–Crippen MR) is 117 cm³/mol. The molecule has 0 saturated carbocycles. The molecule has 4 rings (SSSR count). The number of nitrogens with one attached hydrogen (secondary N) is 2. The van der Waals surface area contributed by atoms with Crippen molar-refractivity contribution in [2.24, 2.45) is 5.92 Å². The molecule has 3 aromatic rings. The first-order valence-corrected chi connectivity index (χ1v) is 10.3. The van der Waals surface area contributed by atoms with Crippen LogP contribution in [0.4, 0.5) is 0 Å². The van der Waals surface area contributed by atoms with Crippen LogP contribution < -0.4 is 14.2 Å². The van der Waals surface area contributed by atoms with Gasteiger partial charge in [0.2, 0.25) is 11.8 Å². The molecule has 0 spiro atoms. The van der Waals surface area contributed by atoms with Gasteiger partial charge in [-0.3, -0.25) is 10.5 Å². The van der Waals surface area contributed by atoms with E-state index in [1.807, 2.05) is 37.3 Å². The number of rotatable bonds is 6. The zero-order chi connectivity index (χ0) is 22.0. The van der Waals surface area contributed by atoms with Gasteiger partial charge in [-0.25, -0.2) is 0 Å². The summed E-state index contributed by atoms with van der Waals surface area (Å²) in [7, 11) is 1.59. The largest absolute Gasteiger partial charge is 0.493 e. The first-order chi connectivity index (χ1) is 15.1. The minimum atomic E-state index is -0.816. The van der Waals surface area contributed by atoms with Crippen LogP contribution in [0.15, 0.2) is 42.5 Å².